The summed E-state index contributed by atoms with van der Waals surface area (Å²) in [5, 5.41) is 9.04. The van der Waals surface area contributed by atoms with Crippen molar-refractivity contribution in [1.82, 2.24) is 4.90 Å². The quantitative estimate of drug-likeness (QED) is 0.737. The molecule has 2 aliphatic rings. The van der Waals surface area contributed by atoms with Gasteiger partial charge in [-0.3, -0.25) is 4.90 Å². The summed E-state index contributed by atoms with van der Waals surface area (Å²) < 4.78 is 11.1. The van der Waals surface area contributed by atoms with E-state index in [4.69, 9.17) is 14.6 Å². The third-order valence-electron chi connectivity index (χ3n) is 3.53. The van der Waals surface area contributed by atoms with Gasteiger partial charge >= 0.3 is 0 Å². The molecule has 0 bridgehead atoms. The molecule has 4 nitrogen and oxygen atoms in total. The third-order valence-corrected chi connectivity index (χ3v) is 3.53. The number of nitrogens with zero attached hydrogens (tertiary/aromatic N) is 1. The molecule has 2 rings (SSSR count). The van der Waals surface area contributed by atoms with Crippen LogP contribution in [0.4, 0.5) is 0 Å². The topological polar surface area (TPSA) is 41.9 Å². The van der Waals surface area contributed by atoms with Crippen LogP contribution in [0.25, 0.3) is 0 Å². The van der Waals surface area contributed by atoms with Crippen LogP contribution in [0.15, 0.2) is 0 Å². The van der Waals surface area contributed by atoms with E-state index in [0.29, 0.717) is 6.04 Å². The average molecular weight is 229 g/mol. The van der Waals surface area contributed by atoms with Crippen LogP contribution in [-0.2, 0) is 9.47 Å². The Bertz CT molecular complexity index is 191. The van der Waals surface area contributed by atoms with Crippen LogP contribution in [0.1, 0.15) is 32.1 Å². The van der Waals surface area contributed by atoms with E-state index < -0.39 is 0 Å². The maximum atomic E-state index is 9.04. The summed E-state index contributed by atoms with van der Waals surface area (Å²) in [7, 11) is 0. The minimum atomic E-state index is -0.0185. The molecule has 2 fully saturated rings. The second kappa shape index (κ2) is 6.55. The van der Waals surface area contributed by atoms with E-state index in [-0.39, 0.29) is 12.9 Å². The van der Waals surface area contributed by atoms with Crippen LogP contribution < -0.4 is 0 Å². The second-order valence-corrected chi connectivity index (χ2v) is 4.66. The van der Waals surface area contributed by atoms with E-state index >= 15 is 0 Å². The molecule has 0 radical (unpaired) electrons. The standard InChI is InChI=1S/C12H23NO3/c14-8-7-13(11-3-1-4-11)6-5-12-15-9-2-10-16-12/h11-12,14H,1-10H2. The Morgan fingerprint density at radius 3 is 2.38 bits per heavy atom. The molecule has 94 valence electrons. The smallest absolute Gasteiger partial charge is 0.158 e. The van der Waals surface area contributed by atoms with Crippen molar-refractivity contribution in [2.75, 3.05) is 32.9 Å². The number of aliphatic hydroxyl groups is 1. The molecule has 0 spiro atoms. The van der Waals surface area contributed by atoms with Crippen LogP contribution in [-0.4, -0.2) is 55.2 Å². The largest absolute Gasteiger partial charge is 0.395 e. The molecule has 1 saturated heterocycles. The van der Waals surface area contributed by atoms with Gasteiger partial charge in [0.2, 0.25) is 0 Å². The Hall–Kier alpha value is -0.160. The molecule has 16 heavy (non-hydrogen) atoms. The van der Waals surface area contributed by atoms with E-state index in [0.717, 1.165) is 39.1 Å². The van der Waals surface area contributed by atoms with Crippen molar-refractivity contribution >= 4 is 0 Å². The van der Waals surface area contributed by atoms with Crippen LogP contribution in [0.5, 0.6) is 0 Å². The number of aliphatic hydroxyl groups excluding tert-OH is 1. The highest BCUT2D eigenvalue weighted by atomic mass is 16.7. The maximum Gasteiger partial charge on any atom is 0.158 e. The molecule has 1 aliphatic carbocycles. The van der Waals surface area contributed by atoms with Gasteiger partial charge in [0.15, 0.2) is 6.29 Å². The van der Waals surface area contributed by atoms with Gasteiger partial charge in [0.25, 0.3) is 0 Å². The zero-order valence-corrected chi connectivity index (χ0v) is 9.94. The molecule has 0 atom stereocenters. The molecule has 0 aromatic rings. The summed E-state index contributed by atoms with van der Waals surface area (Å²) in [4.78, 5) is 2.38. The highest BCUT2D eigenvalue weighted by molar-refractivity contribution is 4.80. The Morgan fingerprint density at radius 2 is 1.81 bits per heavy atom. The van der Waals surface area contributed by atoms with Gasteiger partial charge in [0.1, 0.15) is 0 Å². The van der Waals surface area contributed by atoms with Crippen molar-refractivity contribution in [3.05, 3.63) is 0 Å². The first kappa shape index (κ1) is 12.3. The van der Waals surface area contributed by atoms with Crippen LogP contribution in [0.3, 0.4) is 0 Å². The summed E-state index contributed by atoms with van der Waals surface area (Å²) in [6, 6.07) is 0.691. The van der Waals surface area contributed by atoms with Gasteiger partial charge in [0.05, 0.1) is 19.8 Å². The van der Waals surface area contributed by atoms with Crippen LogP contribution in [0, 0.1) is 0 Å². The Morgan fingerprint density at radius 1 is 1.06 bits per heavy atom. The summed E-state index contributed by atoms with van der Waals surface area (Å²) in [5.41, 5.74) is 0. The monoisotopic (exact) mass is 229 g/mol. The molecule has 1 aliphatic heterocycles. The van der Waals surface area contributed by atoms with Crippen molar-refractivity contribution in [3.63, 3.8) is 0 Å². The highest BCUT2D eigenvalue weighted by Crippen LogP contribution is 2.25. The predicted molar refractivity (Wildman–Crippen MR) is 61.2 cm³/mol. The Labute approximate surface area is 97.5 Å². The Balaban J connectivity index is 1.67. The number of rotatable bonds is 6. The van der Waals surface area contributed by atoms with Gasteiger partial charge in [0, 0.05) is 25.6 Å². The first-order valence-corrected chi connectivity index (χ1v) is 6.48. The first-order chi connectivity index (χ1) is 7.90. The molecule has 0 unspecified atom stereocenters. The van der Waals surface area contributed by atoms with Gasteiger partial charge in [-0.25, -0.2) is 0 Å². The Kier molecular flexibility index (Phi) is 5.03. The number of ether oxygens (including phenoxy) is 2. The molecule has 0 aromatic carbocycles. The maximum absolute atomic E-state index is 9.04. The number of hydrogen-bond acceptors (Lipinski definition) is 4. The van der Waals surface area contributed by atoms with E-state index in [1.807, 2.05) is 0 Å². The minimum absolute atomic E-state index is 0.0185. The second-order valence-electron chi connectivity index (χ2n) is 4.66. The minimum Gasteiger partial charge on any atom is -0.395 e. The lowest BCUT2D eigenvalue weighted by Crippen LogP contribution is -2.43. The van der Waals surface area contributed by atoms with Gasteiger partial charge in [-0.2, -0.15) is 0 Å². The van der Waals surface area contributed by atoms with E-state index in [1.165, 1.54) is 19.3 Å². The van der Waals surface area contributed by atoms with Crippen LogP contribution in [0.2, 0.25) is 0 Å². The van der Waals surface area contributed by atoms with E-state index in [2.05, 4.69) is 4.90 Å². The number of hydrogen-bond donors (Lipinski definition) is 1. The zero-order chi connectivity index (χ0) is 11.2. The van der Waals surface area contributed by atoms with Crippen LogP contribution >= 0.6 is 0 Å². The van der Waals surface area contributed by atoms with Crippen molar-refractivity contribution in [1.29, 1.82) is 0 Å². The lowest BCUT2D eigenvalue weighted by atomic mass is 9.91. The predicted octanol–water partition coefficient (Wildman–Crippen LogP) is 0.986. The first-order valence-electron chi connectivity index (χ1n) is 6.48. The summed E-state index contributed by atoms with van der Waals surface area (Å²) in [6.07, 6.45) is 5.83. The van der Waals surface area contributed by atoms with Crippen molar-refractivity contribution < 1.29 is 14.6 Å². The van der Waals surface area contributed by atoms with Crippen molar-refractivity contribution in [2.24, 2.45) is 0 Å². The van der Waals surface area contributed by atoms with Crippen molar-refractivity contribution in [2.45, 2.75) is 44.4 Å². The van der Waals surface area contributed by atoms with Gasteiger partial charge in [-0.15, -0.1) is 0 Å². The van der Waals surface area contributed by atoms with Gasteiger partial charge in [-0.05, 0) is 19.3 Å². The summed E-state index contributed by atoms with van der Waals surface area (Å²) >= 11 is 0. The zero-order valence-electron chi connectivity index (χ0n) is 9.94. The third kappa shape index (κ3) is 3.42. The molecular weight excluding hydrogens is 206 g/mol. The average Bonchev–Trinajstić information content (AvgIpc) is 2.25. The molecule has 4 heteroatoms. The lowest BCUT2D eigenvalue weighted by molar-refractivity contribution is -0.183. The fourth-order valence-electron chi connectivity index (χ4n) is 2.33. The molecule has 0 amide bonds. The fraction of sp³-hybridized carbons (Fsp3) is 1.00. The molecule has 1 heterocycles. The molecular formula is C12H23NO3. The lowest BCUT2D eigenvalue weighted by Gasteiger charge is -2.38. The summed E-state index contributed by atoms with van der Waals surface area (Å²) in [5.74, 6) is 0. The van der Waals surface area contributed by atoms with Gasteiger partial charge < -0.3 is 14.6 Å². The molecule has 1 saturated carbocycles. The highest BCUT2D eigenvalue weighted by Gasteiger charge is 2.25. The molecule has 1 N–H and O–H groups in total. The van der Waals surface area contributed by atoms with Crippen molar-refractivity contribution in [3.8, 4) is 0 Å². The summed E-state index contributed by atoms with van der Waals surface area (Å²) in [6.45, 7) is 3.68. The fourth-order valence-corrected chi connectivity index (χ4v) is 2.33. The normalized spacial score (nSPS) is 23.6. The molecule has 0 aromatic heterocycles. The van der Waals surface area contributed by atoms with Gasteiger partial charge in [-0.1, -0.05) is 6.42 Å². The SMILES string of the molecule is OCCN(CCC1OCCCO1)C1CCC1. The van der Waals surface area contributed by atoms with E-state index in [1.54, 1.807) is 0 Å². The van der Waals surface area contributed by atoms with E-state index in [9.17, 15) is 0 Å².